The molecule has 2 rings (SSSR count). The number of Topliss-reactive ketones (excluding diaryl/α,β-unsaturated/α-hetero) is 1. The van der Waals surface area contributed by atoms with Gasteiger partial charge in [0.25, 0.3) is 5.91 Å². The number of hydrogen-bond acceptors (Lipinski definition) is 5. The number of amides is 1. The van der Waals surface area contributed by atoms with Gasteiger partial charge in [-0.15, -0.1) is 0 Å². The lowest BCUT2D eigenvalue weighted by molar-refractivity contribution is -0.141. The summed E-state index contributed by atoms with van der Waals surface area (Å²) in [6.07, 6.45) is 0. The maximum Gasteiger partial charge on any atom is 0.325 e. The van der Waals surface area contributed by atoms with Crippen molar-refractivity contribution in [1.29, 1.82) is 0 Å². The molecule has 0 heterocycles. The standard InChI is InChI=1S/C22H25NO5/c1-22(2,3)16-11-9-15(10-12-16)18(24)14-28-20(25)13-23-21(26)17-7-5-6-8-19(17)27-4/h5-12H,13-14H2,1-4H3,(H,23,26). The Bertz CT molecular complexity index is 850. The predicted molar refractivity (Wildman–Crippen MR) is 106 cm³/mol. The molecule has 28 heavy (non-hydrogen) atoms. The van der Waals surface area contributed by atoms with Gasteiger partial charge in [0.2, 0.25) is 0 Å². The molecule has 2 aromatic rings. The summed E-state index contributed by atoms with van der Waals surface area (Å²) in [5, 5.41) is 2.46. The Morgan fingerprint density at radius 1 is 0.964 bits per heavy atom. The molecule has 1 amide bonds. The summed E-state index contributed by atoms with van der Waals surface area (Å²) >= 11 is 0. The summed E-state index contributed by atoms with van der Waals surface area (Å²) in [4.78, 5) is 36.1. The van der Waals surface area contributed by atoms with Crippen molar-refractivity contribution < 1.29 is 23.9 Å². The smallest absolute Gasteiger partial charge is 0.325 e. The summed E-state index contributed by atoms with van der Waals surface area (Å²) in [6, 6.07) is 13.9. The van der Waals surface area contributed by atoms with Gasteiger partial charge in [-0.05, 0) is 23.1 Å². The van der Waals surface area contributed by atoms with Crippen LogP contribution in [0.3, 0.4) is 0 Å². The van der Waals surface area contributed by atoms with E-state index < -0.39 is 11.9 Å². The van der Waals surface area contributed by atoms with E-state index in [1.807, 2.05) is 12.1 Å². The van der Waals surface area contributed by atoms with Crippen LogP contribution in [-0.4, -0.2) is 37.9 Å². The molecule has 0 spiro atoms. The Morgan fingerprint density at radius 2 is 1.61 bits per heavy atom. The molecule has 0 saturated heterocycles. The first-order chi connectivity index (χ1) is 13.2. The molecule has 0 radical (unpaired) electrons. The van der Waals surface area contributed by atoms with Gasteiger partial charge in [0, 0.05) is 5.56 Å². The third-order valence-electron chi connectivity index (χ3n) is 4.18. The molecule has 1 N–H and O–H groups in total. The van der Waals surface area contributed by atoms with Crippen molar-refractivity contribution in [3.05, 3.63) is 65.2 Å². The fourth-order valence-corrected chi connectivity index (χ4v) is 2.52. The largest absolute Gasteiger partial charge is 0.496 e. The van der Waals surface area contributed by atoms with E-state index in [4.69, 9.17) is 9.47 Å². The third-order valence-corrected chi connectivity index (χ3v) is 4.18. The van der Waals surface area contributed by atoms with Crippen LogP contribution in [0.1, 0.15) is 47.1 Å². The number of ether oxygens (including phenoxy) is 2. The summed E-state index contributed by atoms with van der Waals surface area (Å²) in [5.74, 6) is -1.05. The van der Waals surface area contributed by atoms with E-state index in [9.17, 15) is 14.4 Å². The summed E-state index contributed by atoms with van der Waals surface area (Å²) in [7, 11) is 1.46. The molecule has 0 aromatic heterocycles. The molecule has 0 bridgehead atoms. The van der Waals surface area contributed by atoms with Gasteiger partial charge in [0.1, 0.15) is 12.3 Å². The van der Waals surface area contributed by atoms with Gasteiger partial charge in [0.05, 0.1) is 12.7 Å². The molecule has 0 saturated carbocycles. The van der Waals surface area contributed by atoms with E-state index in [-0.39, 0.29) is 24.3 Å². The van der Waals surface area contributed by atoms with Gasteiger partial charge in [-0.2, -0.15) is 0 Å². The van der Waals surface area contributed by atoms with Crippen LogP contribution in [0.2, 0.25) is 0 Å². The predicted octanol–water partition coefficient (Wildman–Crippen LogP) is 3.15. The molecular formula is C22H25NO5. The van der Waals surface area contributed by atoms with Gasteiger partial charge in [0.15, 0.2) is 12.4 Å². The molecule has 0 fully saturated rings. The fourth-order valence-electron chi connectivity index (χ4n) is 2.52. The van der Waals surface area contributed by atoms with Crippen LogP contribution >= 0.6 is 0 Å². The second-order valence-electron chi connectivity index (χ2n) is 7.29. The van der Waals surface area contributed by atoms with Crippen molar-refractivity contribution in [2.24, 2.45) is 0 Å². The Hall–Kier alpha value is -3.15. The maximum absolute atomic E-state index is 12.2. The Balaban J connectivity index is 1.83. The average Bonchev–Trinajstić information content (AvgIpc) is 2.69. The van der Waals surface area contributed by atoms with Crippen LogP contribution in [0.15, 0.2) is 48.5 Å². The van der Waals surface area contributed by atoms with Crippen molar-refractivity contribution >= 4 is 17.7 Å². The van der Waals surface area contributed by atoms with Crippen LogP contribution in [0.25, 0.3) is 0 Å². The SMILES string of the molecule is COc1ccccc1C(=O)NCC(=O)OCC(=O)c1ccc(C(C)(C)C)cc1. The molecule has 0 aliphatic rings. The average molecular weight is 383 g/mol. The normalized spacial score (nSPS) is 10.9. The first kappa shape index (κ1) is 21.2. The molecular weight excluding hydrogens is 358 g/mol. The Labute approximate surface area is 164 Å². The number of rotatable bonds is 7. The van der Waals surface area contributed by atoms with Gasteiger partial charge < -0.3 is 14.8 Å². The van der Waals surface area contributed by atoms with Crippen LogP contribution in [0.5, 0.6) is 5.75 Å². The summed E-state index contributed by atoms with van der Waals surface area (Å²) in [6.45, 7) is 5.55. The highest BCUT2D eigenvalue weighted by Gasteiger charge is 2.16. The quantitative estimate of drug-likeness (QED) is 0.587. The lowest BCUT2D eigenvalue weighted by Gasteiger charge is -2.18. The van der Waals surface area contributed by atoms with Crippen molar-refractivity contribution in [3.63, 3.8) is 0 Å². The fraction of sp³-hybridized carbons (Fsp3) is 0.318. The van der Waals surface area contributed by atoms with Crippen LogP contribution in [-0.2, 0) is 14.9 Å². The van der Waals surface area contributed by atoms with Crippen LogP contribution in [0, 0.1) is 0 Å². The minimum absolute atomic E-state index is 0.00627. The van der Waals surface area contributed by atoms with E-state index >= 15 is 0 Å². The molecule has 6 heteroatoms. The van der Waals surface area contributed by atoms with Crippen molar-refractivity contribution in [2.75, 3.05) is 20.3 Å². The van der Waals surface area contributed by atoms with Gasteiger partial charge in [-0.25, -0.2) is 0 Å². The zero-order valence-corrected chi connectivity index (χ0v) is 16.6. The lowest BCUT2D eigenvalue weighted by atomic mass is 9.86. The highest BCUT2D eigenvalue weighted by atomic mass is 16.5. The Kier molecular flexibility index (Phi) is 6.93. The number of carbonyl (C=O) groups is 3. The monoisotopic (exact) mass is 383 g/mol. The molecule has 6 nitrogen and oxygen atoms in total. The minimum Gasteiger partial charge on any atom is -0.496 e. The third kappa shape index (κ3) is 5.67. The minimum atomic E-state index is -0.692. The second kappa shape index (κ2) is 9.17. The van der Waals surface area contributed by atoms with Crippen molar-refractivity contribution in [3.8, 4) is 5.75 Å². The van der Waals surface area contributed by atoms with Gasteiger partial charge in [-0.1, -0.05) is 57.2 Å². The molecule has 148 valence electrons. The summed E-state index contributed by atoms with van der Waals surface area (Å²) < 4.78 is 10.1. The molecule has 0 atom stereocenters. The first-order valence-corrected chi connectivity index (χ1v) is 8.93. The molecule has 0 unspecified atom stereocenters. The molecule has 0 aliphatic carbocycles. The number of para-hydroxylation sites is 1. The number of ketones is 1. The zero-order chi connectivity index (χ0) is 20.7. The van der Waals surface area contributed by atoms with Gasteiger partial charge >= 0.3 is 5.97 Å². The number of esters is 1. The maximum atomic E-state index is 12.2. The van der Waals surface area contributed by atoms with E-state index in [0.717, 1.165) is 5.56 Å². The number of methoxy groups -OCH3 is 1. The van der Waals surface area contributed by atoms with Crippen LogP contribution < -0.4 is 10.1 Å². The first-order valence-electron chi connectivity index (χ1n) is 8.93. The lowest BCUT2D eigenvalue weighted by Crippen LogP contribution is -2.31. The van der Waals surface area contributed by atoms with E-state index in [1.54, 1.807) is 36.4 Å². The number of nitrogens with one attached hydrogen (secondary N) is 1. The number of benzene rings is 2. The van der Waals surface area contributed by atoms with Crippen molar-refractivity contribution in [2.45, 2.75) is 26.2 Å². The number of carbonyl (C=O) groups excluding carboxylic acids is 3. The van der Waals surface area contributed by atoms with Crippen molar-refractivity contribution in [1.82, 2.24) is 5.32 Å². The van der Waals surface area contributed by atoms with Crippen LogP contribution in [0.4, 0.5) is 0 Å². The highest BCUT2D eigenvalue weighted by molar-refractivity contribution is 5.99. The molecule has 0 aliphatic heterocycles. The second-order valence-corrected chi connectivity index (χ2v) is 7.29. The highest BCUT2D eigenvalue weighted by Crippen LogP contribution is 2.22. The zero-order valence-electron chi connectivity index (χ0n) is 16.6. The number of hydrogen-bond donors (Lipinski definition) is 1. The summed E-state index contributed by atoms with van der Waals surface area (Å²) in [5.41, 5.74) is 1.89. The van der Waals surface area contributed by atoms with E-state index in [1.165, 1.54) is 7.11 Å². The van der Waals surface area contributed by atoms with E-state index in [2.05, 4.69) is 26.1 Å². The Morgan fingerprint density at radius 3 is 2.21 bits per heavy atom. The van der Waals surface area contributed by atoms with Gasteiger partial charge in [-0.3, -0.25) is 14.4 Å². The van der Waals surface area contributed by atoms with E-state index in [0.29, 0.717) is 16.9 Å². The topological polar surface area (TPSA) is 81.7 Å². The molecule has 2 aromatic carbocycles.